The van der Waals surface area contributed by atoms with E-state index in [1.807, 2.05) is 12.1 Å². The zero-order valence-electron chi connectivity index (χ0n) is 18.0. The van der Waals surface area contributed by atoms with Gasteiger partial charge in [-0.15, -0.1) is 0 Å². The van der Waals surface area contributed by atoms with Crippen LogP contribution in [0.1, 0.15) is 50.3 Å². The van der Waals surface area contributed by atoms with E-state index >= 15 is 0 Å². The maximum Gasteiger partial charge on any atom is 0.315 e. The summed E-state index contributed by atoms with van der Waals surface area (Å²) in [6.07, 6.45) is 8.65. The Morgan fingerprint density at radius 3 is 2.61 bits per heavy atom. The van der Waals surface area contributed by atoms with E-state index in [9.17, 15) is 9.59 Å². The van der Waals surface area contributed by atoms with Gasteiger partial charge in [0.25, 0.3) is 0 Å². The zero-order chi connectivity index (χ0) is 21.6. The molecule has 0 N–H and O–H groups in total. The molecule has 0 unspecified atom stereocenters. The second kappa shape index (κ2) is 9.85. The first-order valence-corrected chi connectivity index (χ1v) is 11.1. The van der Waals surface area contributed by atoms with Gasteiger partial charge in [0, 0.05) is 49.6 Å². The number of nitrogens with zero attached hydrogens (tertiary/aromatic N) is 5. The van der Waals surface area contributed by atoms with Gasteiger partial charge in [-0.1, -0.05) is 12.8 Å². The van der Waals surface area contributed by atoms with E-state index in [0.717, 1.165) is 48.6 Å². The van der Waals surface area contributed by atoms with Crippen molar-refractivity contribution in [1.29, 1.82) is 0 Å². The van der Waals surface area contributed by atoms with Crippen LogP contribution in [0.25, 0.3) is 11.4 Å². The monoisotopic (exact) mass is 423 g/mol. The second-order valence-electron chi connectivity index (χ2n) is 7.99. The van der Waals surface area contributed by atoms with Crippen molar-refractivity contribution in [1.82, 2.24) is 19.9 Å². The lowest BCUT2D eigenvalue weighted by atomic mass is 10.0. The van der Waals surface area contributed by atoms with E-state index in [0.29, 0.717) is 25.3 Å². The molecule has 0 atom stereocenters. The minimum Gasteiger partial charge on any atom is -0.466 e. The lowest BCUT2D eigenvalue weighted by Gasteiger charge is -2.32. The van der Waals surface area contributed by atoms with Crippen LogP contribution in [0.15, 0.2) is 24.5 Å². The van der Waals surface area contributed by atoms with Crippen LogP contribution in [0.4, 0.5) is 5.82 Å². The summed E-state index contributed by atoms with van der Waals surface area (Å²) >= 11 is 0. The van der Waals surface area contributed by atoms with Crippen LogP contribution in [-0.4, -0.2) is 58.0 Å². The number of hydrogen-bond acceptors (Lipinski definition) is 7. The first-order chi connectivity index (χ1) is 15.2. The largest absolute Gasteiger partial charge is 0.466 e. The van der Waals surface area contributed by atoms with E-state index < -0.39 is 5.97 Å². The minimum atomic E-state index is -0.478. The fourth-order valence-electron chi connectivity index (χ4n) is 4.23. The van der Waals surface area contributed by atoms with E-state index in [4.69, 9.17) is 14.7 Å². The number of carbonyl (C=O) groups is 2. The van der Waals surface area contributed by atoms with Gasteiger partial charge in [0.2, 0.25) is 5.91 Å². The lowest BCUT2D eigenvalue weighted by Crippen LogP contribution is -2.39. The summed E-state index contributed by atoms with van der Waals surface area (Å²) in [5, 5.41) is 0. The number of ether oxygens (including phenoxy) is 1. The lowest BCUT2D eigenvalue weighted by molar-refractivity contribution is -0.148. The number of rotatable bonds is 5. The summed E-state index contributed by atoms with van der Waals surface area (Å²) in [4.78, 5) is 42.6. The summed E-state index contributed by atoms with van der Waals surface area (Å²) in [6, 6.07) is 3.86. The molecular formula is C23H29N5O3. The first kappa shape index (κ1) is 21.2. The molecule has 2 aliphatic rings. The summed E-state index contributed by atoms with van der Waals surface area (Å²) < 4.78 is 4.95. The molecule has 0 aromatic carbocycles. The molecule has 164 valence electrons. The van der Waals surface area contributed by atoms with Crippen molar-refractivity contribution >= 4 is 17.7 Å². The molecule has 1 fully saturated rings. The van der Waals surface area contributed by atoms with Gasteiger partial charge in [0.05, 0.1) is 18.8 Å². The van der Waals surface area contributed by atoms with Crippen molar-refractivity contribution in [3.8, 4) is 11.4 Å². The fraction of sp³-hybridized carbons (Fsp3) is 0.522. The molecule has 1 saturated heterocycles. The molecule has 2 aromatic heterocycles. The zero-order valence-corrected chi connectivity index (χ0v) is 18.0. The molecule has 2 aromatic rings. The maximum atomic E-state index is 12.7. The van der Waals surface area contributed by atoms with E-state index in [1.54, 1.807) is 24.2 Å². The van der Waals surface area contributed by atoms with Gasteiger partial charge in [-0.05, 0) is 31.9 Å². The third kappa shape index (κ3) is 5.00. The van der Waals surface area contributed by atoms with E-state index in [2.05, 4.69) is 9.88 Å². The molecule has 4 rings (SSSR count). The minimum absolute atomic E-state index is 0.206. The molecule has 2 aliphatic heterocycles. The Kier molecular flexibility index (Phi) is 6.74. The Balaban J connectivity index is 1.66. The third-order valence-corrected chi connectivity index (χ3v) is 5.82. The summed E-state index contributed by atoms with van der Waals surface area (Å²) in [5.74, 6) is 0.910. The first-order valence-electron chi connectivity index (χ1n) is 11.1. The number of amides is 1. The number of carbonyl (C=O) groups excluding carboxylic acids is 2. The Hall–Kier alpha value is -3.03. The van der Waals surface area contributed by atoms with Gasteiger partial charge < -0.3 is 14.5 Å². The molecule has 0 spiro atoms. The molecule has 0 aliphatic carbocycles. The van der Waals surface area contributed by atoms with E-state index in [-0.39, 0.29) is 18.9 Å². The standard InChI is InChI=1S/C23H29N5O3/c1-2-31-21(30)14-20(29)28-13-9-19-18(16-28)23(27-11-5-3-4-6-12-27)26-22(25-19)17-8-7-10-24-15-17/h7-8,10,15H,2-6,9,11-14,16H2,1H3. The molecule has 0 bridgehead atoms. The van der Waals surface area contributed by atoms with Crippen LogP contribution >= 0.6 is 0 Å². The molecule has 0 saturated carbocycles. The number of pyridine rings is 1. The highest BCUT2D eigenvalue weighted by atomic mass is 16.5. The highest BCUT2D eigenvalue weighted by Gasteiger charge is 2.29. The highest BCUT2D eigenvalue weighted by molar-refractivity contribution is 5.94. The molecular weight excluding hydrogens is 394 g/mol. The molecule has 31 heavy (non-hydrogen) atoms. The maximum absolute atomic E-state index is 12.7. The number of esters is 1. The van der Waals surface area contributed by atoms with Crippen molar-refractivity contribution in [2.45, 2.75) is 52.0 Å². The normalized spacial score (nSPS) is 16.4. The third-order valence-electron chi connectivity index (χ3n) is 5.82. The van der Waals surface area contributed by atoms with Crippen LogP contribution in [0.2, 0.25) is 0 Å². The Labute approximate surface area is 182 Å². The van der Waals surface area contributed by atoms with Gasteiger partial charge in [0.15, 0.2) is 5.82 Å². The smallest absolute Gasteiger partial charge is 0.315 e. The summed E-state index contributed by atoms with van der Waals surface area (Å²) in [6.45, 7) is 4.88. The highest BCUT2D eigenvalue weighted by Crippen LogP contribution is 2.31. The van der Waals surface area contributed by atoms with E-state index in [1.165, 1.54) is 12.8 Å². The van der Waals surface area contributed by atoms with Gasteiger partial charge in [-0.3, -0.25) is 14.6 Å². The van der Waals surface area contributed by atoms with Gasteiger partial charge in [0.1, 0.15) is 12.2 Å². The molecule has 0 radical (unpaired) electrons. The predicted molar refractivity (Wildman–Crippen MR) is 116 cm³/mol. The second-order valence-corrected chi connectivity index (χ2v) is 7.99. The topological polar surface area (TPSA) is 88.5 Å². The number of anilines is 1. The van der Waals surface area contributed by atoms with Gasteiger partial charge >= 0.3 is 5.97 Å². The van der Waals surface area contributed by atoms with Crippen molar-refractivity contribution in [3.05, 3.63) is 35.8 Å². The van der Waals surface area contributed by atoms with Crippen LogP contribution in [-0.2, 0) is 27.3 Å². The Morgan fingerprint density at radius 1 is 1.10 bits per heavy atom. The Bertz CT molecular complexity index is 926. The molecule has 4 heterocycles. The average Bonchev–Trinajstić information content (AvgIpc) is 3.08. The number of hydrogen-bond donors (Lipinski definition) is 0. The molecule has 1 amide bonds. The quantitative estimate of drug-likeness (QED) is 0.540. The average molecular weight is 424 g/mol. The van der Waals surface area contributed by atoms with Crippen molar-refractivity contribution in [2.24, 2.45) is 0 Å². The van der Waals surface area contributed by atoms with Crippen LogP contribution in [0.5, 0.6) is 0 Å². The SMILES string of the molecule is CCOC(=O)CC(=O)N1CCc2nc(-c3cccnc3)nc(N3CCCCCC3)c2C1. The van der Waals surface area contributed by atoms with Crippen molar-refractivity contribution in [3.63, 3.8) is 0 Å². The van der Waals surface area contributed by atoms with Crippen LogP contribution in [0, 0.1) is 0 Å². The number of fused-ring (bicyclic) bond motifs is 1. The number of aromatic nitrogens is 3. The molecule has 8 heteroatoms. The van der Waals surface area contributed by atoms with Crippen LogP contribution < -0.4 is 4.90 Å². The predicted octanol–water partition coefficient (Wildman–Crippen LogP) is 2.76. The van der Waals surface area contributed by atoms with Crippen molar-refractivity contribution in [2.75, 3.05) is 31.1 Å². The van der Waals surface area contributed by atoms with Crippen molar-refractivity contribution < 1.29 is 14.3 Å². The van der Waals surface area contributed by atoms with Crippen LogP contribution in [0.3, 0.4) is 0 Å². The van der Waals surface area contributed by atoms with Gasteiger partial charge in [-0.25, -0.2) is 9.97 Å². The molecule has 8 nitrogen and oxygen atoms in total. The fourth-order valence-corrected chi connectivity index (χ4v) is 4.23. The Morgan fingerprint density at radius 2 is 1.90 bits per heavy atom. The summed E-state index contributed by atoms with van der Waals surface area (Å²) in [7, 11) is 0. The van der Waals surface area contributed by atoms with Gasteiger partial charge in [-0.2, -0.15) is 0 Å². The summed E-state index contributed by atoms with van der Waals surface area (Å²) in [5.41, 5.74) is 2.87.